The number of nitrogens with zero attached hydrogens (tertiary/aromatic N) is 2. The molecule has 0 radical (unpaired) electrons. The third-order valence-electron chi connectivity index (χ3n) is 3.92. The first kappa shape index (κ1) is 16.0. The lowest BCUT2D eigenvalue weighted by Gasteiger charge is -2.40. The van der Waals surface area contributed by atoms with Gasteiger partial charge in [0.15, 0.2) is 0 Å². The first-order chi connectivity index (χ1) is 8.62. The Morgan fingerprint density at radius 3 is 2.44 bits per heavy atom. The number of hydrogen-bond acceptors (Lipinski definition) is 2. The monoisotopic (exact) mass is 314 g/mol. The molecule has 0 aliphatic heterocycles. The number of alkyl halides is 1. The summed E-state index contributed by atoms with van der Waals surface area (Å²) in [6.45, 7) is 7.75. The SMILES string of the molecule is CC(C)CN(CCC#N)CC1(CBr)CCCCC1. The molecule has 0 N–H and O–H groups in total. The van der Waals surface area contributed by atoms with E-state index >= 15 is 0 Å². The van der Waals surface area contributed by atoms with Crippen molar-refractivity contribution >= 4 is 15.9 Å². The van der Waals surface area contributed by atoms with Crippen LogP contribution in [0.2, 0.25) is 0 Å². The second-order valence-electron chi connectivity index (χ2n) is 6.23. The van der Waals surface area contributed by atoms with E-state index in [0.717, 1.165) is 25.0 Å². The standard InChI is InChI=1S/C15H27BrN2/c1-14(2)11-18(10-6-9-17)13-15(12-16)7-4-3-5-8-15/h14H,3-8,10-13H2,1-2H3. The lowest BCUT2D eigenvalue weighted by molar-refractivity contribution is 0.119. The third kappa shape index (κ3) is 5.28. The van der Waals surface area contributed by atoms with Crippen molar-refractivity contribution < 1.29 is 0 Å². The highest BCUT2D eigenvalue weighted by Gasteiger charge is 2.32. The highest BCUT2D eigenvalue weighted by Crippen LogP contribution is 2.38. The first-order valence-electron chi connectivity index (χ1n) is 7.27. The predicted octanol–water partition coefficient (Wildman–Crippen LogP) is 4.20. The molecule has 18 heavy (non-hydrogen) atoms. The smallest absolute Gasteiger partial charge is 0.0635 e. The maximum absolute atomic E-state index is 8.79. The van der Waals surface area contributed by atoms with E-state index in [0.29, 0.717) is 17.8 Å². The van der Waals surface area contributed by atoms with Gasteiger partial charge in [0.1, 0.15) is 0 Å². The van der Waals surface area contributed by atoms with Gasteiger partial charge in [-0.3, -0.25) is 0 Å². The zero-order valence-corrected chi connectivity index (χ0v) is 13.5. The number of halogens is 1. The van der Waals surface area contributed by atoms with Crippen molar-refractivity contribution in [3.63, 3.8) is 0 Å². The van der Waals surface area contributed by atoms with Crippen LogP contribution in [-0.2, 0) is 0 Å². The molecular weight excluding hydrogens is 288 g/mol. The van der Waals surface area contributed by atoms with Crippen LogP contribution in [0.3, 0.4) is 0 Å². The minimum Gasteiger partial charge on any atom is -0.301 e. The molecule has 0 bridgehead atoms. The zero-order chi connectivity index (χ0) is 13.4. The summed E-state index contributed by atoms with van der Waals surface area (Å²) < 4.78 is 0. The molecular formula is C15H27BrN2. The highest BCUT2D eigenvalue weighted by atomic mass is 79.9. The normalized spacial score (nSPS) is 19.1. The maximum atomic E-state index is 8.79. The minimum absolute atomic E-state index is 0.461. The molecule has 0 aromatic heterocycles. The summed E-state index contributed by atoms with van der Waals surface area (Å²) in [5, 5.41) is 9.90. The molecule has 1 aliphatic carbocycles. The number of rotatable bonds is 7. The molecule has 1 fully saturated rings. The summed E-state index contributed by atoms with van der Waals surface area (Å²) in [6, 6.07) is 2.29. The molecule has 0 spiro atoms. The van der Waals surface area contributed by atoms with E-state index in [4.69, 9.17) is 5.26 Å². The molecule has 2 nitrogen and oxygen atoms in total. The van der Waals surface area contributed by atoms with E-state index in [2.05, 4.69) is 40.7 Å². The van der Waals surface area contributed by atoms with Gasteiger partial charge in [0.25, 0.3) is 0 Å². The molecule has 0 heterocycles. The van der Waals surface area contributed by atoms with Crippen LogP contribution < -0.4 is 0 Å². The molecule has 1 rings (SSSR count). The quantitative estimate of drug-likeness (QED) is 0.658. The fourth-order valence-corrected chi connectivity index (χ4v) is 3.81. The van der Waals surface area contributed by atoms with Gasteiger partial charge in [0, 0.05) is 31.4 Å². The zero-order valence-electron chi connectivity index (χ0n) is 11.9. The minimum atomic E-state index is 0.461. The first-order valence-corrected chi connectivity index (χ1v) is 8.39. The van der Waals surface area contributed by atoms with Crippen molar-refractivity contribution in [3.8, 4) is 6.07 Å². The van der Waals surface area contributed by atoms with Crippen molar-refractivity contribution in [2.45, 2.75) is 52.4 Å². The van der Waals surface area contributed by atoms with Crippen LogP contribution in [0.15, 0.2) is 0 Å². The fourth-order valence-electron chi connectivity index (χ4n) is 3.07. The molecule has 1 aliphatic rings. The van der Waals surface area contributed by atoms with Gasteiger partial charge >= 0.3 is 0 Å². The van der Waals surface area contributed by atoms with Gasteiger partial charge < -0.3 is 4.90 Å². The molecule has 0 atom stereocenters. The predicted molar refractivity (Wildman–Crippen MR) is 80.8 cm³/mol. The van der Waals surface area contributed by atoms with E-state index < -0.39 is 0 Å². The largest absolute Gasteiger partial charge is 0.301 e. The highest BCUT2D eigenvalue weighted by molar-refractivity contribution is 9.09. The molecule has 0 unspecified atom stereocenters. The van der Waals surface area contributed by atoms with E-state index in [-0.39, 0.29) is 0 Å². The topological polar surface area (TPSA) is 27.0 Å². The Kier molecular flexibility index (Phi) is 7.26. The molecule has 3 heteroatoms. The molecule has 0 aromatic carbocycles. The Labute approximate surface area is 121 Å². The average Bonchev–Trinajstić information content (AvgIpc) is 2.36. The molecule has 0 amide bonds. The lowest BCUT2D eigenvalue weighted by atomic mass is 9.75. The van der Waals surface area contributed by atoms with E-state index in [9.17, 15) is 0 Å². The van der Waals surface area contributed by atoms with E-state index in [1.807, 2.05) is 0 Å². The number of nitriles is 1. The van der Waals surface area contributed by atoms with Crippen LogP contribution in [0.25, 0.3) is 0 Å². The van der Waals surface area contributed by atoms with Gasteiger partial charge in [-0.1, -0.05) is 49.0 Å². The second-order valence-corrected chi connectivity index (χ2v) is 6.79. The average molecular weight is 315 g/mol. The summed E-state index contributed by atoms with van der Waals surface area (Å²) in [4.78, 5) is 2.51. The Morgan fingerprint density at radius 1 is 1.28 bits per heavy atom. The molecule has 0 aromatic rings. The van der Waals surface area contributed by atoms with E-state index in [1.165, 1.54) is 32.1 Å². The van der Waals surface area contributed by atoms with Gasteiger partial charge in [0.2, 0.25) is 0 Å². The van der Waals surface area contributed by atoms with Crippen LogP contribution in [0.4, 0.5) is 0 Å². The molecule has 104 valence electrons. The van der Waals surface area contributed by atoms with Gasteiger partial charge in [-0.2, -0.15) is 5.26 Å². The van der Waals surface area contributed by atoms with Crippen molar-refractivity contribution in [3.05, 3.63) is 0 Å². The second kappa shape index (κ2) is 8.17. The summed E-state index contributed by atoms with van der Waals surface area (Å²) in [5.41, 5.74) is 0.461. The lowest BCUT2D eigenvalue weighted by Crippen LogP contribution is -2.42. The van der Waals surface area contributed by atoms with Gasteiger partial charge in [0.05, 0.1) is 6.07 Å². The van der Waals surface area contributed by atoms with Crippen LogP contribution >= 0.6 is 15.9 Å². The van der Waals surface area contributed by atoms with Crippen molar-refractivity contribution in [1.29, 1.82) is 5.26 Å². The Morgan fingerprint density at radius 2 is 1.94 bits per heavy atom. The van der Waals surface area contributed by atoms with Gasteiger partial charge in [-0.15, -0.1) is 0 Å². The Balaban J connectivity index is 2.58. The molecule has 0 saturated heterocycles. The fraction of sp³-hybridized carbons (Fsp3) is 0.933. The van der Waals surface area contributed by atoms with Crippen LogP contribution in [0.1, 0.15) is 52.4 Å². The third-order valence-corrected chi connectivity index (χ3v) is 5.11. The van der Waals surface area contributed by atoms with Gasteiger partial charge in [-0.25, -0.2) is 0 Å². The maximum Gasteiger partial charge on any atom is 0.0635 e. The molecule has 1 saturated carbocycles. The van der Waals surface area contributed by atoms with E-state index in [1.54, 1.807) is 0 Å². The summed E-state index contributed by atoms with van der Waals surface area (Å²) in [7, 11) is 0. The Hall–Kier alpha value is -0.0700. The summed E-state index contributed by atoms with van der Waals surface area (Å²) in [5.74, 6) is 0.680. The number of hydrogen-bond donors (Lipinski definition) is 0. The van der Waals surface area contributed by atoms with Crippen LogP contribution in [0, 0.1) is 22.7 Å². The van der Waals surface area contributed by atoms with Crippen molar-refractivity contribution in [1.82, 2.24) is 4.90 Å². The Bertz CT molecular complexity index is 264. The van der Waals surface area contributed by atoms with Crippen molar-refractivity contribution in [2.24, 2.45) is 11.3 Å². The van der Waals surface area contributed by atoms with Crippen molar-refractivity contribution in [2.75, 3.05) is 25.0 Å². The summed E-state index contributed by atoms with van der Waals surface area (Å²) in [6.07, 6.45) is 7.50. The van der Waals surface area contributed by atoms with Gasteiger partial charge in [-0.05, 0) is 24.2 Å². The van der Waals surface area contributed by atoms with Crippen LogP contribution in [0.5, 0.6) is 0 Å². The van der Waals surface area contributed by atoms with Crippen LogP contribution in [-0.4, -0.2) is 29.9 Å². The summed E-state index contributed by atoms with van der Waals surface area (Å²) >= 11 is 3.74.